The molecule has 1 heterocycles. The van der Waals surface area contributed by atoms with Gasteiger partial charge in [0.05, 0.1) is 17.8 Å². The van der Waals surface area contributed by atoms with Crippen LogP contribution in [-0.4, -0.2) is 58.2 Å². The predicted octanol–water partition coefficient (Wildman–Crippen LogP) is 4.23. The Balaban J connectivity index is 1.15. The summed E-state index contributed by atoms with van der Waals surface area (Å²) in [5.41, 5.74) is 0.106. The molecule has 0 amide bonds. The summed E-state index contributed by atoms with van der Waals surface area (Å²) in [7, 11) is 1.80. The second kappa shape index (κ2) is 8.99. The molecule has 140 valence electrons. The topological polar surface area (TPSA) is 30.9 Å². The second-order valence-electron chi connectivity index (χ2n) is 8.08. The van der Waals surface area contributed by atoms with Crippen LogP contribution in [-0.2, 0) is 14.2 Å². The van der Waals surface area contributed by atoms with E-state index in [1.54, 1.807) is 7.11 Å². The fourth-order valence-corrected chi connectivity index (χ4v) is 4.89. The Morgan fingerprint density at radius 2 is 1.62 bits per heavy atom. The molecule has 3 fully saturated rings. The van der Waals surface area contributed by atoms with Crippen molar-refractivity contribution in [3.63, 3.8) is 0 Å². The normalized spacial score (nSPS) is 35.4. The van der Waals surface area contributed by atoms with E-state index in [9.17, 15) is 0 Å². The summed E-state index contributed by atoms with van der Waals surface area (Å²) in [4.78, 5) is 2.46. The maximum atomic E-state index is 6.16. The number of rotatable bonds is 10. The highest BCUT2D eigenvalue weighted by atomic mass is 127. The van der Waals surface area contributed by atoms with Crippen molar-refractivity contribution in [3.8, 4) is 0 Å². The summed E-state index contributed by atoms with van der Waals surface area (Å²) in [6.45, 7) is 6.30. The predicted molar refractivity (Wildman–Crippen MR) is 113 cm³/mol. The Hall–Kier alpha value is 1.30. The minimum Gasteiger partial charge on any atom is -0.381 e. The average Bonchev–Trinajstić information content (AvgIpc) is 2.42. The lowest BCUT2D eigenvalue weighted by molar-refractivity contribution is -0.131. The Morgan fingerprint density at radius 1 is 1.00 bits per heavy atom. The first-order valence-electron chi connectivity index (χ1n) is 9.28. The molecule has 4 nitrogen and oxygen atoms in total. The quantitative estimate of drug-likeness (QED) is 0.226. The van der Waals surface area contributed by atoms with Crippen LogP contribution in [0.25, 0.3) is 0 Å². The molecule has 3 aliphatic rings. The fraction of sp³-hybridized carbons (Fsp3) is 1.00. The molecule has 3 rings (SSSR count). The maximum Gasteiger partial charge on any atom is 0.114 e. The molecule has 2 aliphatic carbocycles. The van der Waals surface area contributed by atoms with E-state index in [4.69, 9.17) is 14.2 Å². The number of alkyl halides is 2. The largest absolute Gasteiger partial charge is 0.381 e. The lowest BCUT2D eigenvalue weighted by atomic mass is 9.72. The number of halogens is 2. The van der Waals surface area contributed by atoms with Crippen LogP contribution in [0, 0.1) is 11.8 Å². The zero-order valence-corrected chi connectivity index (χ0v) is 19.2. The van der Waals surface area contributed by atoms with Gasteiger partial charge in [0, 0.05) is 33.4 Å². The monoisotopic (exact) mass is 563 g/mol. The van der Waals surface area contributed by atoms with Gasteiger partial charge in [0.15, 0.2) is 0 Å². The van der Waals surface area contributed by atoms with E-state index >= 15 is 0 Å². The van der Waals surface area contributed by atoms with Crippen LogP contribution < -0.4 is 0 Å². The van der Waals surface area contributed by atoms with Crippen LogP contribution in [0.1, 0.15) is 45.4 Å². The molecule has 1 saturated heterocycles. The molecule has 1 aliphatic heterocycles. The summed E-state index contributed by atoms with van der Waals surface area (Å²) in [6, 6.07) is 0. The van der Waals surface area contributed by atoms with Gasteiger partial charge in [0.2, 0.25) is 0 Å². The van der Waals surface area contributed by atoms with E-state index in [0.29, 0.717) is 14.3 Å². The molecular formula is C18H31I2NO3. The van der Waals surface area contributed by atoms with Crippen LogP contribution >= 0.6 is 45.2 Å². The van der Waals surface area contributed by atoms with Crippen molar-refractivity contribution in [2.45, 2.75) is 65.3 Å². The van der Waals surface area contributed by atoms with Crippen molar-refractivity contribution < 1.29 is 14.2 Å². The third kappa shape index (κ3) is 5.41. The average molecular weight is 563 g/mol. The standard InChI is InChI=1S/C18H31I2NO3/c1-18(11-21(12-18)17(19)20)24-6-4-14-7-13(8-14)3-5-23-16-9-15(10-16)22-2/h13-17H,3-12H2,1-2H3. The van der Waals surface area contributed by atoms with Crippen LogP contribution in [0.15, 0.2) is 0 Å². The molecule has 0 aromatic rings. The van der Waals surface area contributed by atoms with Crippen molar-refractivity contribution in [1.29, 1.82) is 0 Å². The molecule has 0 N–H and O–H groups in total. The zero-order chi connectivity index (χ0) is 17.2. The van der Waals surface area contributed by atoms with E-state index in [1.807, 2.05) is 0 Å². The summed E-state index contributed by atoms with van der Waals surface area (Å²) in [5, 5.41) is 0. The third-order valence-electron chi connectivity index (χ3n) is 5.93. The molecule has 0 aromatic carbocycles. The Labute approximate surface area is 174 Å². The van der Waals surface area contributed by atoms with Crippen molar-refractivity contribution in [1.82, 2.24) is 4.90 Å². The lowest BCUT2D eigenvalue weighted by Gasteiger charge is -2.49. The van der Waals surface area contributed by atoms with E-state index in [2.05, 4.69) is 57.0 Å². The number of ether oxygens (including phenoxy) is 3. The van der Waals surface area contributed by atoms with E-state index in [0.717, 1.165) is 51.0 Å². The van der Waals surface area contributed by atoms with Gasteiger partial charge in [-0.2, -0.15) is 0 Å². The highest BCUT2D eigenvalue weighted by molar-refractivity contribution is 14.2. The van der Waals surface area contributed by atoms with Gasteiger partial charge in [-0.15, -0.1) is 0 Å². The second-order valence-corrected chi connectivity index (χ2v) is 12.8. The molecule has 0 atom stereocenters. The molecular weight excluding hydrogens is 532 g/mol. The van der Waals surface area contributed by atoms with Gasteiger partial charge >= 0.3 is 0 Å². The summed E-state index contributed by atoms with van der Waals surface area (Å²) < 4.78 is 18.0. The highest BCUT2D eigenvalue weighted by Gasteiger charge is 2.42. The Morgan fingerprint density at radius 3 is 2.21 bits per heavy atom. The van der Waals surface area contributed by atoms with Crippen LogP contribution in [0.2, 0.25) is 0 Å². The molecule has 0 aromatic heterocycles. The molecule has 0 unspecified atom stereocenters. The number of nitrogens with zero attached hydrogens (tertiary/aromatic N) is 1. The smallest absolute Gasteiger partial charge is 0.114 e. The van der Waals surface area contributed by atoms with Gasteiger partial charge in [0.1, 0.15) is 2.06 Å². The third-order valence-corrected chi connectivity index (χ3v) is 7.50. The minimum atomic E-state index is 0.106. The van der Waals surface area contributed by atoms with Crippen molar-refractivity contribution in [2.24, 2.45) is 11.8 Å². The number of hydrogen-bond donors (Lipinski definition) is 0. The zero-order valence-electron chi connectivity index (χ0n) is 14.9. The van der Waals surface area contributed by atoms with Gasteiger partial charge in [-0.05, 0) is 57.3 Å². The first-order valence-corrected chi connectivity index (χ1v) is 11.8. The van der Waals surface area contributed by atoms with Gasteiger partial charge in [-0.3, -0.25) is 4.90 Å². The number of methoxy groups -OCH3 is 1. The fourth-order valence-electron chi connectivity index (χ4n) is 4.11. The van der Waals surface area contributed by atoms with Gasteiger partial charge in [0.25, 0.3) is 0 Å². The van der Waals surface area contributed by atoms with Crippen molar-refractivity contribution >= 4 is 45.2 Å². The Bertz CT molecular complexity index is 392. The van der Waals surface area contributed by atoms with Gasteiger partial charge in [-0.25, -0.2) is 0 Å². The molecule has 24 heavy (non-hydrogen) atoms. The number of likely N-dealkylation sites (tertiary alicyclic amines) is 1. The SMILES string of the molecule is COC1CC(OCCC2CC(CCOC3(C)CN(C(I)I)C3)C2)C1. The molecule has 2 saturated carbocycles. The number of hydrogen-bond acceptors (Lipinski definition) is 4. The van der Waals surface area contributed by atoms with Crippen molar-refractivity contribution in [2.75, 3.05) is 33.4 Å². The summed E-state index contributed by atoms with van der Waals surface area (Å²) in [6.07, 6.45) is 8.34. The maximum absolute atomic E-state index is 6.16. The first kappa shape index (κ1) is 20.0. The van der Waals surface area contributed by atoms with E-state index < -0.39 is 0 Å². The Kier molecular flexibility index (Phi) is 7.51. The van der Waals surface area contributed by atoms with Crippen LogP contribution in [0.5, 0.6) is 0 Å². The highest BCUT2D eigenvalue weighted by Crippen LogP contribution is 2.39. The minimum absolute atomic E-state index is 0.106. The summed E-state index contributed by atoms with van der Waals surface area (Å²) >= 11 is 4.93. The van der Waals surface area contributed by atoms with Crippen LogP contribution in [0.4, 0.5) is 0 Å². The van der Waals surface area contributed by atoms with Crippen LogP contribution in [0.3, 0.4) is 0 Å². The van der Waals surface area contributed by atoms with Gasteiger partial charge < -0.3 is 14.2 Å². The van der Waals surface area contributed by atoms with E-state index in [1.165, 1.54) is 25.7 Å². The van der Waals surface area contributed by atoms with Gasteiger partial charge in [-0.1, -0.05) is 45.2 Å². The molecule has 0 bridgehead atoms. The van der Waals surface area contributed by atoms with E-state index in [-0.39, 0.29) is 5.60 Å². The van der Waals surface area contributed by atoms with Crippen molar-refractivity contribution in [3.05, 3.63) is 0 Å². The molecule has 6 heteroatoms. The molecule has 0 spiro atoms. The molecule has 0 radical (unpaired) electrons. The summed E-state index contributed by atoms with van der Waals surface area (Å²) in [5.74, 6) is 1.78. The lowest BCUT2D eigenvalue weighted by Crippen LogP contribution is -2.62. The first-order chi connectivity index (χ1) is 11.5.